The molecule has 1 saturated heterocycles. The molecule has 5 nitrogen and oxygen atoms in total. The lowest BCUT2D eigenvalue weighted by molar-refractivity contribution is -0.0339. The van der Waals surface area contributed by atoms with Gasteiger partial charge in [0.1, 0.15) is 6.10 Å². The van der Waals surface area contributed by atoms with Crippen molar-refractivity contribution in [2.75, 3.05) is 13.1 Å². The molecule has 0 amide bonds. The smallest absolute Gasteiger partial charge is 0.116 e. The summed E-state index contributed by atoms with van der Waals surface area (Å²) in [6.07, 6.45) is 6.58. The van der Waals surface area contributed by atoms with Crippen molar-refractivity contribution in [1.29, 1.82) is 0 Å². The fourth-order valence-corrected chi connectivity index (χ4v) is 3.56. The first-order valence-corrected chi connectivity index (χ1v) is 8.01. The minimum Gasteiger partial charge on any atom is -0.385 e. The van der Waals surface area contributed by atoms with Crippen LogP contribution in [0.3, 0.4) is 0 Å². The zero-order chi connectivity index (χ0) is 14.6. The van der Waals surface area contributed by atoms with E-state index in [1.165, 1.54) is 12.8 Å². The summed E-state index contributed by atoms with van der Waals surface area (Å²) in [5.41, 5.74) is 0.686. The van der Waals surface area contributed by atoms with Gasteiger partial charge in [-0.05, 0) is 45.2 Å². The minimum absolute atomic E-state index is 0.177. The Kier molecular flexibility index (Phi) is 5.16. The molecule has 0 aliphatic carbocycles. The van der Waals surface area contributed by atoms with Crippen molar-refractivity contribution in [2.24, 2.45) is 0 Å². The van der Waals surface area contributed by atoms with Crippen molar-refractivity contribution in [1.82, 2.24) is 19.9 Å². The average Bonchev–Trinajstić information content (AvgIpc) is 3.12. The normalized spacial score (nSPS) is 18.6. The number of aryl methyl sites for hydroxylation is 1. The molecule has 0 aromatic carbocycles. The second kappa shape index (κ2) is 6.68. The van der Waals surface area contributed by atoms with E-state index in [2.05, 4.69) is 36.0 Å². The topological polar surface area (TPSA) is 54.2 Å². The number of nitrogens with zero attached hydrogens (tertiary/aromatic N) is 4. The maximum absolute atomic E-state index is 11.0. The Labute approximate surface area is 122 Å². The third-order valence-electron chi connectivity index (χ3n) is 4.83. The first kappa shape index (κ1) is 15.4. The van der Waals surface area contributed by atoms with Gasteiger partial charge in [-0.2, -0.15) is 0 Å². The number of rotatable bonds is 7. The third-order valence-corrected chi connectivity index (χ3v) is 4.83. The molecule has 1 aromatic rings. The van der Waals surface area contributed by atoms with Crippen molar-refractivity contribution in [3.05, 3.63) is 11.9 Å². The van der Waals surface area contributed by atoms with Crippen LogP contribution in [0, 0.1) is 0 Å². The molecular weight excluding hydrogens is 252 g/mol. The van der Waals surface area contributed by atoms with Gasteiger partial charge in [-0.1, -0.05) is 26.0 Å². The van der Waals surface area contributed by atoms with Crippen molar-refractivity contribution in [3.8, 4) is 0 Å². The number of hydrogen-bond acceptors (Lipinski definition) is 4. The standard InChI is InChI=1S/C15H28N4O/c1-4-9-19-13(12-16-17-19)14(20)15(5-2,6-3)18-10-7-8-11-18/h12,14,20H,4-11H2,1-3H3. The molecule has 1 fully saturated rings. The molecule has 0 bridgehead atoms. The summed E-state index contributed by atoms with van der Waals surface area (Å²) in [6, 6.07) is 0. The average molecular weight is 280 g/mol. The van der Waals surface area contributed by atoms with Gasteiger partial charge in [0, 0.05) is 6.54 Å². The van der Waals surface area contributed by atoms with Gasteiger partial charge in [0.15, 0.2) is 0 Å². The Balaban J connectivity index is 2.30. The van der Waals surface area contributed by atoms with Gasteiger partial charge in [0.2, 0.25) is 0 Å². The second-order valence-electron chi connectivity index (χ2n) is 5.79. The number of aliphatic hydroxyl groups excluding tert-OH is 1. The molecule has 1 aliphatic heterocycles. The summed E-state index contributed by atoms with van der Waals surface area (Å²) >= 11 is 0. The Morgan fingerprint density at radius 2 is 1.90 bits per heavy atom. The predicted molar refractivity (Wildman–Crippen MR) is 79.4 cm³/mol. The molecule has 1 atom stereocenters. The van der Waals surface area contributed by atoms with Crippen LogP contribution in [0.1, 0.15) is 64.7 Å². The van der Waals surface area contributed by atoms with Crippen LogP contribution in [0.4, 0.5) is 0 Å². The van der Waals surface area contributed by atoms with Crippen LogP contribution in [0.5, 0.6) is 0 Å². The minimum atomic E-state index is -0.517. The van der Waals surface area contributed by atoms with Gasteiger partial charge >= 0.3 is 0 Å². The van der Waals surface area contributed by atoms with Crippen molar-refractivity contribution >= 4 is 0 Å². The first-order chi connectivity index (χ1) is 9.69. The van der Waals surface area contributed by atoms with E-state index in [0.717, 1.165) is 44.6 Å². The maximum Gasteiger partial charge on any atom is 0.116 e. The first-order valence-electron chi connectivity index (χ1n) is 8.01. The van der Waals surface area contributed by atoms with E-state index in [1.54, 1.807) is 6.20 Å². The zero-order valence-corrected chi connectivity index (χ0v) is 13.0. The third kappa shape index (κ3) is 2.61. The van der Waals surface area contributed by atoms with Crippen LogP contribution in [-0.4, -0.2) is 43.6 Å². The van der Waals surface area contributed by atoms with Crippen molar-refractivity contribution in [2.45, 2.75) is 71.1 Å². The number of aromatic nitrogens is 3. The Hall–Kier alpha value is -0.940. The largest absolute Gasteiger partial charge is 0.385 e. The van der Waals surface area contributed by atoms with E-state index in [4.69, 9.17) is 0 Å². The van der Waals surface area contributed by atoms with Crippen LogP contribution in [0.2, 0.25) is 0 Å². The SMILES string of the molecule is CCCn1nncc1C(O)C(CC)(CC)N1CCCC1. The van der Waals surface area contributed by atoms with Gasteiger partial charge in [0.05, 0.1) is 17.4 Å². The highest BCUT2D eigenvalue weighted by atomic mass is 16.3. The van der Waals surface area contributed by atoms with Gasteiger partial charge in [-0.25, -0.2) is 4.68 Å². The highest BCUT2D eigenvalue weighted by molar-refractivity contribution is 5.10. The molecule has 0 radical (unpaired) electrons. The monoisotopic (exact) mass is 280 g/mol. The van der Waals surface area contributed by atoms with Crippen LogP contribution >= 0.6 is 0 Å². The van der Waals surface area contributed by atoms with E-state index in [9.17, 15) is 5.11 Å². The van der Waals surface area contributed by atoms with Crippen LogP contribution in [0.25, 0.3) is 0 Å². The molecule has 1 aromatic heterocycles. The Morgan fingerprint density at radius 1 is 1.25 bits per heavy atom. The van der Waals surface area contributed by atoms with Gasteiger partial charge < -0.3 is 5.11 Å². The maximum atomic E-state index is 11.0. The molecule has 0 saturated carbocycles. The lowest BCUT2D eigenvalue weighted by atomic mass is 9.83. The summed E-state index contributed by atoms with van der Waals surface area (Å²) in [5, 5.41) is 19.2. The summed E-state index contributed by atoms with van der Waals surface area (Å²) in [4.78, 5) is 2.47. The molecule has 20 heavy (non-hydrogen) atoms. The van der Waals surface area contributed by atoms with E-state index in [-0.39, 0.29) is 5.54 Å². The quantitative estimate of drug-likeness (QED) is 0.833. The fraction of sp³-hybridized carbons (Fsp3) is 0.867. The second-order valence-corrected chi connectivity index (χ2v) is 5.79. The zero-order valence-electron chi connectivity index (χ0n) is 13.0. The molecule has 5 heteroatoms. The summed E-state index contributed by atoms with van der Waals surface area (Å²) in [6.45, 7) is 9.47. The van der Waals surface area contributed by atoms with Crippen molar-refractivity contribution in [3.63, 3.8) is 0 Å². The molecule has 1 aliphatic rings. The predicted octanol–water partition coefficient (Wildman–Crippen LogP) is 2.38. The summed E-state index contributed by atoms with van der Waals surface area (Å²) < 4.78 is 1.86. The van der Waals surface area contributed by atoms with Gasteiger partial charge in [-0.3, -0.25) is 4.90 Å². The number of aliphatic hydroxyl groups is 1. The van der Waals surface area contributed by atoms with Crippen molar-refractivity contribution < 1.29 is 5.11 Å². The van der Waals surface area contributed by atoms with E-state index in [1.807, 2.05) is 4.68 Å². The molecule has 2 heterocycles. The van der Waals surface area contributed by atoms with Crippen LogP contribution < -0.4 is 0 Å². The van der Waals surface area contributed by atoms with Crippen LogP contribution in [-0.2, 0) is 6.54 Å². The highest BCUT2D eigenvalue weighted by Gasteiger charge is 2.43. The molecule has 0 spiro atoms. The molecule has 2 rings (SSSR count). The Bertz CT molecular complexity index is 408. The van der Waals surface area contributed by atoms with Crippen LogP contribution in [0.15, 0.2) is 6.20 Å². The highest BCUT2D eigenvalue weighted by Crippen LogP contribution is 2.39. The summed E-state index contributed by atoms with van der Waals surface area (Å²) in [7, 11) is 0. The molecule has 114 valence electrons. The summed E-state index contributed by atoms with van der Waals surface area (Å²) in [5.74, 6) is 0. The van der Waals surface area contributed by atoms with E-state index in [0.29, 0.717) is 0 Å². The van der Waals surface area contributed by atoms with Gasteiger partial charge in [-0.15, -0.1) is 5.10 Å². The number of likely N-dealkylation sites (tertiary alicyclic amines) is 1. The van der Waals surface area contributed by atoms with E-state index >= 15 is 0 Å². The van der Waals surface area contributed by atoms with Gasteiger partial charge in [0.25, 0.3) is 0 Å². The molecular formula is C15H28N4O. The molecule has 1 unspecified atom stereocenters. The molecule has 1 N–H and O–H groups in total. The number of hydrogen-bond donors (Lipinski definition) is 1. The lowest BCUT2D eigenvalue weighted by Gasteiger charge is -2.44. The Morgan fingerprint density at radius 3 is 2.45 bits per heavy atom. The van der Waals surface area contributed by atoms with E-state index < -0.39 is 6.10 Å². The lowest BCUT2D eigenvalue weighted by Crippen LogP contribution is -2.51. The fourth-order valence-electron chi connectivity index (χ4n) is 3.56.